The van der Waals surface area contributed by atoms with Crippen molar-refractivity contribution in [2.45, 2.75) is 46.5 Å². The fourth-order valence-corrected chi connectivity index (χ4v) is 3.60. The number of rotatable bonds is 6. The van der Waals surface area contributed by atoms with Gasteiger partial charge in [0.05, 0.1) is 11.3 Å². The fraction of sp³-hybridized carbons (Fsp3) is 0.391. The van der Waals surface area contributed by atoms with Crippen LogP contribution in [-0.2, 0) is 4.79 Å². The normalized spacial score (nSPS) is 12.9. The number of aryl methyl sites for hydroxylation is 1. The Labute approximate surface area is 166 Å². The van der Waals surface area contributed by atoms with Gasteiger partial charge in [-0.05, 0) is 55.7 Å². The van der Waals surface area contributed by atoms with Crippen molar-refractivity contribution in [2.24, 2.45) is 5.92 Å². The van der Waals surface area contributed by atoms with E-state index in [2.05, 4.69) is 19.2 Å². The lowest BCUT2D eigenvalue weighted by Crippen LogP contribution is -2.26. The first-order valence-electron chi connectivity index (χ1n) is 9.96. The van der Waals surface area contributed by atoms with Gasteiger partial charge in [0, 0.05) is 18.7 Å². The second kappa shape index (κ2) is 8.46. The molecule has 5 heteroatoms. The van der Waals surface area contributed by atoms with Crippen LogP contribution in [0.2, 0.25) is 0 Å². The Balaban J connectivity index is 1.88. The van der Waals surface area contributed by atoms with Crippen LogP contribution in [0.5, 0.6) is 11.5 Å². The van der Waals surface area contributed by atoms with Crippen molar-refractivity contribution in [3.63, 3.8) is 0 Å². The first-order valence-corrected chi connectivity index (χ1v) is 9.96. The van der Waals surface area contributed by atoms with Crippen LogP contribution in [0.1, 0.15) is 55.5 Å². The molecule has 0 bridgehead atoms. The Morgan fingerprint density at radius 1 is 1.07 bits per heavy atom. The molecule has 0 fully saturated rings. The van der Waals surface area contributed by atoms with E-state index in [1.54, 1.807) is 30.1 Å². The molecule has 1 heterocycles. The summed E-state index contributed by atoms with van der Waals surface area (Å²) in [5, 5.41) is 2.98. The molecular weight excluding hydrogens is 352 g/mol. The molecule has 1 aliphatic rings. The van der Waals surface area contributed by atoms with E-state index >= 15 is 0 Å². The van der Waals surface area contributed by atoms with Crippen molar-refractivity contribution >= 4 is 23.2 Å². The highest BCUT2D eigenvalue weighted by molar-refractivity contribution is 6.10. The fourth-order valence-electron chi connectivity index (χ4n) is 3.60. The summed E-state index contributed by atoms with van der Waals surface area (Å²) in [7, 11) is 1.74. The number of nitrogens with one attached hydrogen (secondary N) is 1. The lowest BCUT2D eigenvalue weighted by molar-refractivity contribution is -0.120. The smallest absolute Gasteiger partial charge is 0.261 e. The summed E-state index contributed by atoms with van der Waals surface area (Å²) in [6, 6.07) is 11.0. The average molecular weight is 380 g/mol. The SMILES string of the molecule is CCCC(CCC)C(=O)Nc1ccc2c(c1)C(=O)N(C)c1cc(C)ccc1O2. The molecule has 2 amide bonds. The molecule has 0 spiro atoms. The monoisotopic (exact) mass is 380 g/mol. The molecule has 148 valence electrons. The van der Waals surface area contributed by atoms with E-state index in [1.165, 1.54) is 0 Å². The lowest BCUT2D eigenvalue weighted by Gasteiger charge is -2.17. The van der Waals surface area contributed by atoms with Gasteiger partial charge in [0.1, 0.15) is 5.75 Å². The van der Waals surface area contributed by atoms with Crippen LogP contribution < -0.4 is 15.0 Å². The molecule has 0 radical (unpaired) electrons. The van der Waals surface area contributed by atoms with Gasteiger partial charge in [-0.2, -0.15) is 0 Å². The maximum absolute atomic E-state index is 13.0. The van der Waals surface area contributed by atoms with Crippen LogP contribution in [0.3, 0.4) is 0 Å². The van der Waals surface area contributed by atoms with Crippen LogP contribution in [-0.4, -0.2) is 18.9 Å². The second-order valence-electron chi connectivity index (χ2n) is 7.41. The Hall–Kier alpha value is -2.82. The lowest BCUT2D eigenvalue weighted by atomic mass is 9.97. The second-order valence-corrected chi connectivity index (χ2v) is 7.41. The maximum Gasteiger partial charge on any atom is 0.261 e. The molecule has 5 nitrogen and oxygen atoms in total. The van der Waals surface area contributed by atoms with E-state index in [1.807, 2.05) is 25.1 Å². The zero-order chi connectivity index (χ0) is 20.3. The number of carbonyl (C=O) groups excluding carboxylic acids is 2. The zero-order valence-electron chi connectivity index (χ0n) is 17.0. The van der Waals surface area contributed by atoms with Crippen molar-refractivity contribution in [2.75, 3.05) is 17.3 Å². The van der Waals surface area contributed by atoms with E-state index in [-0.39, 0.29) is 17.7 Å². The van der Waals surface area contributed by atoms with E-state index in [9.17, 15) is 9.59 Å². The summed E-state index contributed by atoms with van der Waals surface area (Å²) < 4.78 is 6.01. The molecule has 0 saturated carbocycles. The molecule has 0 aromatic heterocycles. The molecule has 2 aromatic carbocycles. The number of nitrogens with zero attached hydrogens (tertiary/aromatic N) is 1. The van der Waals surface area contributed by atoms with Crippen molar-refractivity contribution in [3.05, 3.63) is 47.5 Å². The van der Waals surface area contributed by atoms with Gasteiger partial charge < -0.3 is 15.0 Å². The minimum absolute atomic E-state index is 0.00401. The van der Waals surface area contributed by atoms with Gasteiger partial charge >= 0.3 is 0 Å². The van der Waals surface area contributed by atoms with Crippen LogP contribution in [0.4, 0.5) is 11.4 Å². The van der Waals surface area contributed by atoms with E-state index < -0.39 is 0 Å². The predicted octanol–water partition coefficient (Wildman–Crippen LogP) is 5.53. The number of fused-ring (bicyclic) bond motifs is 2. The van der Waals surface area contributed by atoms with Gasteiger partial charge in [0.15, 0.2) is 5.75 Å². The number of anilines is 2. The van der Waals surface area contributed by atoms with E-state index in [0.29, 0.717) is 22.7 Å². The molecule has 0 saturated heterocycles. The molecule has 2 aromatic rings. The molecule has 28 heavy (non-hydrogen) atoms. The summed E-state index contributed by atoms with van der Waals surface area (Å²) in [6.07, 6.45) is 3.67. The first-order chi connectivity index (χ1) is 13.4. The van der Waals surface area contributed by atoms with Gasteiger partial charge in [-0.1, -0.05) is 32.8 Å². The minimum Gasteiger partial charge on any atom is -0.454 e. The summed E-state index contributed by atoms with van der Waals surface area (Å²) in [5.74, 6) is 0.988. The third-order valence-electron chi connectivity index (χ3n) is 5.12. The van der Waals surface area contributed by atoms with Gasteiger partial charge in [-0.25, -0.2) is 0 Å². The summed E-state index contributed by atoms with van der Waals surface area (Å²) >= 11 is 0. The summed E-state index contributed by atoms with van der Waals surface area (Å²) in [4.78, 5) is 27.3. The molecular formula is C23H28N2O3. The number of benzene rings is 2. The third-order valence-corrected chi connectivity index (χ3v) is 5.12. The highest BCUT2D eigenvalue weighted by atomic mass is 16.5. The van der Waals surface area contributed by atoms with Crippen molar-refractivity contribution in [1.82, 2.24) is 0 Å². The largest absolute Gasteiger partial charge is 0.454 e. The highest BCUT2D eigenvalue weighted by Gasteiger charge is 2.26. The van der Waals surface area contributed by atoms with E-state index in [4.69, 9.17) is 4.74 Å². The summed E-state index contributed by atoms with van der Waals surface area (Å²) in [6.45, 7) is 6.15. The van der Waals surface area contributed by atoms with Crippen LogP contribution in [0.15, 0.2) is 36.4 Å². The van der Waals surface area contributed by atoms with Crippen LogP contribution >= 0.6 is 0 Å². The standard InChI is InChI=1S/C23H28N2O3/c1-5-7-16(8-6-2)22(26)24-17-10-12-20-18(14-17)23(27)25(4)19-13-15(3)9-11-21(19)28-20/h9-14,16H,5-8H2,1-4H3,(H,24,26). The number of hydrogen-bond acceptors (Lipinski definition) is 3. The van der Waals surface area contributed by atoms with Crippen molar-refractivity contribution < 1.29 is 14.3 Å². The average Bonchev–Trinajstić information content (AvgIpc) is 2.77. The minimum atomic E-state index is -0.158. The zero-order valence-corrected chi connectivity index (χ0v) is 17.0. The van der Waals surface area contributed by atoms with Crippen LogP contribution in [0.25, 0.3) is 0 Å². The van der Waals surface area contributed by atoms with Crippen LogP contribution in [0, 0.1) is 12.8 Å². The molecule has 0 atom stereocenters. The third kappa shape index (κ3) is 4.03. The maximum atomic E-state index is 13.0. The topological polar surface area (TPSA) is 58.6 Å². The quantitative estimate of drug-likeness (QED) is 0.716. The Kier molecular flexibility index (Phi) is 6.02. The van der Waals surface area contributed by atoms with Gasteiger partial charge in [-0.3, -0.25) is 9.59 Å². The Bertz CT molecular complexity index is 885. The van der Waals surface area contributed by atoms with Gasteiger partial charge in [-0.15, -0.1) is 0 Å². The number of carbonyl (C=O) groups is 2. The first kappa shape index (κ1) is 19.9. The van der Waals surface area contributed by atoms with Gasteiger partial charge in [0.2, 0.25) is 5.91 Å². The number of ether oxygens (including phenoxy) is 1. The molecule has 0 aliphatic carbocycles. The molecule has 0 unspecified atom stereocenters. The summed E-state index contributed by atoms with van der Waals surface area (Å²) in [5.41, 5.74) is 2.85. The Morgan fingerprint density at radius 3 is 2.43 bits per heavy atom. The molecule has 3 rings (SSSR count). The van der Waals surface area contributed by atoms with Gasteiger partial charge in [0.25, 0.3) is 5.91 Å². The van der Waals surface area contributed by atoms with Crippen molar-refractivity contribution in [1.29, 1.82) is 0 Å². The number of hydrogen-bond donors (Lipinski definition) is 1. The van der Waals surface area contributed by atoms with Crippen molar-refractivity contribution in [3.8, 4) is 11.5 Å². The Morgan fingerprint density at radius 2 is 1.75 bits per heavy atom. The number of amides is 2. The highest BCUT2D eigenvalue weighted by Crippen LogP contribution is 2.39. The molecule has 1 aliphatic heterocycles. The molecule has 1 N–H and O–H groups in total. The van der Waals surface area contributed by atoms with E-state index in [0.717, 1.165) is 36.9 Å². The predicted molar refractivity (Wildman–Crippen MR) is 112 cm³/mol.